The number of rotatable bonds is 6. The summed E-state index contributed by atoms with van der Waals surface area (Å²) in [6.45, 7) is 0.850. The number of nitrogens with zero attached hydrogens (tertiary/aromatic N) is 9. The fourth-order valence-corrected chi connectivity index (χ4v) is 4.16. The van der Waals surface area contributed by atoms with Crippen LogP contribution in [0, 0.1) is 11.3 Å². The lowest BCUT2D eigenvalue weighted by molar-refractivity contribution is -0.226. The predicted molar refractivity (Wildman–Crippen MR) is 114 cm³/mol. The van der Waals surface area contributed by atoms with Crippen LogP contribution in [0.4, 0.5) is 5.82 Å². The zero-order valence-electron chi connectivity index (χ0n) is 17.7. The molecule has 0 aromatic carbocycles. The number of hydroxylamine groups is 2. The maximum atomic E-state index is 9.72. The van der Waals surface area contributed by atoms with Gasteiger partial charge in [-0.2, -0.15) is 25.6 Å². The first kappa shape index (κ1) is 20.1. The molecule has 32 heavy (non-hydrogen) atoms. The van der Waals surface area contributed by atoms with Gasteiger partial charge in [-0.25, -0.2) is 9.50 Å². The van der Waals surface area contributed by atoms with E-state index in [0.29, 0.717) is 47.1 Å². The first-order valence-electron chi connectivity index (χ1n) is 9.98. The molecule has 0 radical (unpaired) electrons. The molecule has 12 nitrogen and oxygen atoms in total. The number of aliphatic hydroxyl groups is 1. The minimum absolute atomic E-state index is 0.211. The van der Waals surface area contributed by atoms with Crippen LogP contribution in [-0.4, -0.2) is 64.5 Å². The normalized spacial score (nSPS) is 15.7. The van der Waals surface area contributed by atoms with Crippen molar-refractivity contribution >= 4 is 11.3 Å². The second kappa shape index (κ2) is 7.41. The third-order valence-corrected chi connectivity index (χ3v) is 5.81. The second-order valence-corrected chi connectivity index (χ2v) is 7.87. The Labute approximate surface area is 183 Å². The third-order valence-electron chi connectivity index (χ3n) is 5.81. The Hall–Kier alpha value is -3.79. The summed E-state index contributed by atoms with van der Waals surface area (Å²) in [5.74, 6) is 0.305. The summed E-state index contributed by atoms with van der Waals surface area (Å²) >= 11 is 0. The van der Waals surface area contributed by atoms with Gasteiger partial charge >= 0.3 is 0 Å². The summed E-state index contributed by atoms with van der Waals surface area (Å²) in [5, 5.41) is 34.1. The van der Waals surface area contributed by atoms with Gasteiger partial charge in [-0.15, -0.1) is 0 Å². The molecule has 3 N–H and O–H groups in total. The molecule has 5 heterocycles. The second-order valence-electron chi connectivity index (χ2n) is 7.87. The van der Waals surface area contributed by atoms with Crippen molar-refractivity contribution in [1.82, 2.24) is 39.2 Å². The van der Waals surface area contributed by atoms with Crippen molar-refractivity contribution in [1.29, 1.82) is 5.26 Å². The lowest BCUT2D eigenvalue weighted by atomic mass is 9.89. The van der Waals surface area contributed by atoms with Crippen molar-refractivity contribution in [3.05, 3.63) is 36.5 Å². The summed E-state index contributed by atoms with van der Waals surface area (Å²) in [7, 11) is 3.39. The molecule has 0 amide bonds. The quantitative estimate of drug-likeness (QED) is 0.444. The van der Waals surface area contributed by atoms with Crippen LogP contribution < -0.4 is 5.73 Å². The maximum Gasteiger partial charge on any atom is 0.155 e. The number of anilines is 1. The number of hydrogen-bond acceptors (Lipinski definition) is 9. The summed E-state index contributed by atoms with van der Waals surface area (Å²) < 4.78 is 5.09. The van der Waals surface area contributed by atoms with Crippen molar-refractivity contribution < 1.29 is 9.94 Å². The minimum Gasteiger partial charge on any atom is -0.390 e. The highest BCUT2D eigenvalue weighted by Gasteiger charge is 2.46. The molecule has 0 aliphatic carbocycles. The van der Waals surface area contributed by atoms with E-state index in [1.807, 2.05) is 12.3 Å². The van der Waals surface area contributed by atoms with Crippen molar-refractivity contribution in [3.8, 4) is 28.6 Å². The van der Waals surface area contributed by atoms with Crippen molar-refractivity contribution in [2.75, 3.05) is 25.9 Å². The van der Waals surface area contributed by atoms with Crippen LogP contribution in [0.1, 0.15) is 12.1 Å². The number of aromatic nitrogens is 7. The van der Waals surface area contributed by atoms with Gasteiger partial charge in [-0.1, -0.05) is 0 Å². The molecular formula is C20H22N10O2. The van der Waals surface area contributed by atoms with E-state index in [4.69, 9.17) is 15.6 Å². The van der Waals surface area contributed by atoms with Gasteiger partial charge in [0.05, 0.1) is 74.2 Å². The van der Waals surface area contributed by atoms with Gasteiger partial charge < -0.3 is 15.7 Å². The number of fused-ring (bicyclic) bond motifs is 1. The van der Waals surface area contributed by atoms with E-state index >= 15 is 0 Å². The zero-order chi connectivity index (χ0) is 22.5. The molecule has 0 saturated carbocycles. The van der Waals surface area contributed by atoms with Crippen LogP contribution in [0.5, 0.6) is 0 Å². The average Bonchev–Trinajstić information content (AvgIpc) is 3.47. The lowest BCUT2D eigenvalue weighted by Gasteiger charge is -2.47. The van der Waals surface area contributed by atoms with E-state index in [0.717, 1.165) is 5.52 Å². The largest absolute Gasteiger partial charge is 0.390 e. The predicted octanol–water partition coefficient (Wildman–Crippen LogP) is 0.554. The maximum absolute atomic E-state index is 9.72. The summed E-state index contributed by atoms with van der Waals surface area (Å²) in [4.78, 5) is 10.1. The summed E-state index contributed by atoms with van der Waals surface area (Å²) in [6, 6.07) is 4.09. The molecule has 1 saturated heterocycles. The van der Waals surface area contributed by atoms with Crippen LogP contribution in [-0.2, 0) is 24.0 Å². The van der Waals surface area contributed by atoms with E-state index in [1.54, 1.807) is 51.7 Å². The van der Waals surface area contributed by atoms with Crippen LogP contribution in [0.25, 0.3) is 28.0 Å². The average molecular weight is 434 g/mol. The van der Waals surface area contributed by atoms with Gasteiger partial charge in [0.25, 0.3) is 0 Å². The van der Waals surface area contributed by atoms with E-state index in [1.165, 1.54) is 0 Å². The Balaban J connectivity index is 1.64. The fourth-order valence-electron chi connectivity index (χ4n) is 4.16. The lowest BCUT2D eigenvalue weighted by Crippen LogP contribution is -2.62. The minimum atomic E-state index is -0.515. The zero-order valence-corrected chi connectivity index (χ0v) is 17.7. The van der Waals surface area contributed by atoms with Crippen molar-refractivity contribution in [2.24, 2.45) is 7.05 Å². The van der Waals surface area contributed by atoms with Gasteiger partial charge in [0.1, 0.15) is 11.2 Å². The molecule has 5 rings (SSSR count). The monoisotopic (exact) mass is 434 g/mol. The number of aryl methyl sites for hydroxylation is 1. The van der Waals surface area contributed by atoms with Crippen LogP contribution >= 0.6 is 0 Å². The number of nitrogens with two attached hydrogens (primary N) is 1. The van der Waals surface area contributed by atoms with Crippen LogP contribution in [0.3, 0.4) is 0 Å². The SMILES string of the molecule is CON1CC(CC#N)(n2cc(-c3nc(-c4cn(C)nc4CO)cn4nccc34)c(N)n2)C1. The van der Waals surface area contributed by atoms with Crippen LogP contribution in [0.2, 0.25) is 0 Å². The first-order valence-corrected chi connectivity index (χ1v) is 9.98. The van der Waals surface area contributed by atoms with Gasteiger partial charge in [-0.05, 0) is 6.07 Å². The fraction of sp³-hybridized carbons (Fsp3) is 0.350. The highest BCUT2D eigenvalue weighted by molar-refractivity contribution is 5.84. The molecule has 12 heteroatoms. The molecule has 1 fully saturated rings. The Kier molecular flexibility index (Phi) is 4.66. The molecule has 0 spiro atoms. The highest BCUT2D eigenvalue weighted by atomic mass is 16.7. The van der Waals surface area contributed by atoms with Gasteiger partial charge in [0.2, 0.25) is 0 Å². The third kappa shape index (κ3) is 3.02. The van der Waals surface area contributed by atoms with Gasteiger partial charge in [0, 0.05) is 25.0 Å². The smallest absolute Gasteiger partial charge is 0.155 e. The number of nitriles is 1. The molecule has 0 unspecified atom stereocenters. The van der Waals surface area contributed by atoms with Gasteiger partial charge in [0.15, 0.2) is 5.82 Å². The van der Waals surface area contributed by atoms with E-state index < -0.39 is 5.54 Å². The molecule has 4 aromatic heterocycles. The topological polar surface area (TPSA) is 148 Å². The number of nitrogen functional groups attached to an aromatic ring is 1. The van der Waals surface area contributed by atoms with Crippen molar-refractivity contribution in [3.63, 3.8) is 0 Å². The Morgan fingerprint density at radius 2 is 2.06 bits per heavy atom. The molecule has 1 aliphatic rings. The number of hydrogen-bond donors (Lipinski definition) is 2. The molecule has 0 atom stereocenters. The van der Waals surface area contributed by atoms with E-state index in [9.17, 15) is 10.4 Å². The molecular weight excluding hydrogens is 412 g/mol. The van der Waals surface area contributed by atoms with Gasteiger partial charge in [-0.3, -0.25) is 9.36 Å². The highest BCUT2D eigenvalue weighted by Crippen LogP contribution is 2.36. The molecule has 1 aliphatic heterocycles. The summed E-state index contributed by atoms with van der Waals surface area (Å²) in [6.07, 6.45) is 7.37. The Morgan fingerprint density at radius 3 is 2.78 bits per heavy atom. The van der Waals surface area contributed by atoms with Crippen molar-refractivity contribution in [2.45, 2.75) is 18.6 Å². The standard InChI is InChI=1S/C20H22N10O2/c1-27-7-13(16(10-31)25-27)15-9-29-17(3-6-23-29)18(24-15)14-8-30(26-19(14)22)20(4-5-21)11-28(12-20)32-2/h3,6-9,31H,4,10-12H2,1-2H3,(H2,22,26). The van der Waals surface area contributed by atoms with E-state index in [-0.39, 0.29) is 13.0 Å². The molecule has 0 bridgehead atoms. The first-order chi connectivity index (χ1) is 15.5. The van der Waals surface area contributed by atoms with Crippen LogP contribution in [0.15, 0.2) is 30.9 Å². The van der Waals surface area contributed by atoms with E-state index in [2.05, 4.69) is 21.4 Å². The number of aliphatic hydroxyl groups excluding tert-OH is 1. The summed E-state index contributed by atoms with van der Waals surface area (Å²) in [5.41, 5.74) is 9.64. The Bertz CT molecular complexity index is 1340. The Morgan fingerprint density at radius 1 is 1.25 bits per heavy atom. The molecule has 164 valence electrons. The molecule has 4 aromatic rings.